The minimum atomic E-state index is 0.496. The molecule has 0 amide bonds. The standard InChI is InChI=1S/C17H23N3O2/c1-11-5-4-6-12(7-11)19-17-10-18-13-8-15(21-2)16(22-3)9-14(13)20-17/h8-12H,4-7H2,1-3H3,(H,19,20)/t11-,12+/m1/s1. The maximum Gasteiger partial charge on any atom is 0.163 e. The van der Waals surface area contributed by atoms with Gasteiger partial charge in [0.25, 0.3) is 0 Å². The number of hydrogen-bond donors (Lipinski definition) is 1. The number of methoxy groups -OCH3 is 2. The lowest BCUT2D eigenvalue weighted by atomic mass is 9.87. The number of nitrogens with zero attached hydrogens (tertiary/aromatic N) is 2. The quantitative estimate of drug-likeness (QED) is 0.934. The molecule has 0 saturated heterocycles. The first-order valence-corrected chi connectivity index (χ1v) is 7.85. The summed E-state index contributed by atoms with van der Waals surface area (Å²) < 4.78 is 10.6. The minimum absolute atomic E-state index is 0.496. The van der Waals surface area contributed by atoms with Gasteiger partial charge in [-0.1, -0.05) is 19.8 Å². The summed E-state index contributed by atoms with van der Waals surface area (Å²) in [6, 6.07) is 4.22. The van der Waals surface area contributed by atoms with Gasteiger partial charge < -0.3 is 14.8 Å². The number of hydrogen-bond acceptors (Lipinski definition) is 5. The normalized spacial score (nSPS) is 21.6. The Labute approximate surface area is 131 Å². The highest BCUT2D eigenvalue weighted by atomic mass is 16.5. The van der Waals surface area contributed by atoms with Crippen LogP contribution in [0.25, 0.3) is 11.0 Å². The van der Waals surface area contributed by atoms with E-state index in [0.29, 0.717) is 17.5 Å². The molecule has 0 aliphatic heterocycles. The summed E-state index contributed by atoms with van der Waals surface area (Å²) in [6.07, 6.45) is 6.82. The number of aromatic nitrogens is 2. The molecular formula is C17H23N3O2. The smallest absolute Gasteiger partial charge is 0.163 e. The summed E-state index contributed by atoms with van der Waals surface area (Å²) in [4.78, 5) is 9.16. The number of ether oxygens (including phenoxy) is 2. The number of benzene rings is 1. The summed E-state index contributed by atoms with van der Waals surface area (Å²) in [6.45, 7) is 2.32. The molecule has 5 nitrogen and oxygen atoms in total. The van der Waals surface area contributed by atoms with E-state index in [1.165, 1.54) is 25.7 Å². The fourth-order valence-corrected chi connectivity index (χ4v) is 3.18. The van der Waals surface area contributed by atoms with Crippen molar-refractivity contribution in [2.24, 2.45) is 5.92 Å². The van der Waals surface area contributed by atoms with Gasteiger partial charge in [0.1, 0.15) is 5.82 Å². The Bertz CT molecular complexity index is 660. The Balaban J connectivity index is 1.85. The van der Waals surface area contributed by atoms with Crippen molar-refractivity contribution in [1.82, 2.24) is 9.97 Å². The van der Waals surface area contributed by atoms with Crippen molar-refractivity contribution in [3.63, 3.8) is 0 Å². The molecule has 5 heteroatoms. The summed E-state index contributed by atoms with van der Waals surface area (Å²) in [5, 5.41) is 3.52. The van der Waals surface area contributed by atoms with Crippen LogP contribution >= 0.6 is 0 Å². The van der Waals surface area contributed by atoms with Crippen LogP contribution in [0.5, 0.6) is 11.5 Å². The average molecular weight is 301 g/mol. The van der Waals surface area contributed by atoms with Crippen LogP contribution in [0.2, 0.25) is 0 Å². The van der Waals surface area contributed by atoms with Gasteiger partial charge in [-0.15, -0.1) is 0 Å². The van der Waals surface area contributed by atoms with Crippen molar-refractivity contribution < 1.29 is 9.47 Å². The number of fused-ring (bicyclic) bond motifs is 1. The first kappa shape index (κ1) is 14.9. The van der Waals surface area contributed by atoms with Crippen LogP contribution in [0.3, 0.4) is 0 Å². The summed E-state index contributed by atoms with van der Waals surface area (Å²) in [7, 11) is 3.25. The molecule has 0 radical (unpaired) electrons. The molecule has 2 atom stereocenters. The average Bonchev–Trinajstić information content (AvgIpc) is 2.53. The predicted octanol–water partition coefficient (Wildman–Crippen LogP) is 3.64. The van der Waals surface area contributed by atoms with E-state index in [4.69, 9.17) is 9.47 Å². The summed E-state index contributed by atoms with van der Waals surface area (Å²) in [5.41, 5.74) is 1.62. The number of nitrogens with one attached hydrogen (secondary N) is 1. The van der Waals surface area contributed by atoms with E-state index in [9.17, 15) is 0 Å². The van der Waals surface area contributed by atoms with E-state index in [1.807, 2.05) is 12.1 Å². The number of rotatable bonds is 4. The molecule has 22 heavy (non-hydrogen) atoms. The van der Waals surface area contributed by atoms with Gasteiger partial charge >= 0.3 is 0 Å². The second-order valence-corrected chi connectivity index (χ2v) is 6.06. The van der Waals surface area contributed by atoms with E-state index in [2.05, 4.69) is 22.2 Å². The topological polar surface area (TPSA) is 56.3 Å². The van der Waals surface area contributed by atoms with E-state index in [-0.39, 0.29) is 0 Å². The molecule has 1 aliphatic carbocycles. The molecular weight excluding hydrogens is 278 g/mol. The molecule has 1 fully saturated rings. The third-order valence-electron chi connectivity index (χ3n) is 4.34. The first-order valence-electron chi connectivity index (χ1n) is 7.85. The molecule has 1 N–H and O–H groups in total. The molecule has 1 aliphatic rings. The predicted molar refractivity (Wildman–Crippen MR) is 87.7 cm³/mol. The zero-order valence-electron chi connectivity index (χ0n) is 13.4. The lowest BCUT2D eigenvalue weighted by molar-refractivity contribution is 0.355. The van der Waals surface area contributed by atoms with Crippen LogP contribution < -0.4 is 14.8 Å². The molecule has 1 saturated carbocycles. The Morgan fingerprint density at radius 2 is 1.82 bits per heavy atom. The molecule has 2 aromatic rings. The summed E-state index contributed by atoms with van der Waals surface area (Å²) in [5.74, 6) is 2.96. The van der Waals surface area contributed by atoms with Crippen molar-refractivity contribution in [1.29, 1.82) is 0 Å². The van der Waals surface area contributed by atoms with Crippen LogP contribution in [-0.4, -0.2) is 30.2 Å². The Morgan fingerprint density at radius 3 is 2.50 bits per heavy atom. The van der Waals surface area contributed by atoms with Gasteiger partial charge in [-0.2, -0.15) is 0 Å². The van der Waals surface area contributed by atoms with Gasteiger partial charge in [-0.05, 0) is 18.8 Å². The molecule has 1 heterocycles. The van der Waals surface area contributed by atoms with Gasteiger partial charge in [0.15, 0.2) is 11.5 Å². The van der Waals surface area contributed by atoms with Crippen molar-refractivity contribution in [2.45, 2.75) is 38.6 Å². The molecule has 1 aromatic carbocycles. The third-order valence-corrected chi connectivity index (χ3v) is 4.34. The molecule has 3 rings (SSSR count). The second kappa shape index (κ2) is 6.38. The summed E-state index contributed by atoms with van der Waals surface area (Å²) >= 11 is 0. The van der Waals surface area contributed by atoms with E-state index >= 15 is 0 Å². The number of anilines is 1. The van der Waals surface area contributed by atoms with Crippen LogP contribution in [0, 0.1) is 5.92 Å². The van der Waals surface area contributed by atoms with Crippen LogP contribution in [0.4, 0.5) is 5.82 Å². The molecule has 1 aromatic heterocycles. The lowest BCUT2D eigenvalue weighted by Crippen LogP contribution is -2.26. The molecule has 0 bridgehead atoms. The fraction of sp³-hybridized carbons (Fsp3) is 0.529. The Hall–Kier alpha value is -2.04. The molecule has 118 valence electrons. The van der Waals surface area contributed by atoms with Gasteiger partial charge in [0.05, 0.1) is 31.4 Å². The maximum atomic E-state index is 5.34. The zero-order chi connectivity index (χ0) is 15.5. The highest BCUT2D eigenvalue weighted by molar-refractivity contribution is 5.80. The minimum Gasteiger partial charge on any atom is -0.493 e. The van der Waals surface area contributed by atoms with Gasteiger partial charge in [0, 0.05) is 18.2 Å². The Morgan fingerprint density at radius 1 is 1.09 bits per heavy atom. The van der Waals surface area contributed by atoms with Gasteiger partial charge in [-0.3, -0.25) is 4.98 Å². The van der Waals surface area contributed by atoms with Crippen molar-refractivity contribution in [3.05, 3.63) is 18.3 Å². The monoisotopic (exact) mass is 301 g/mol. The largest absolute Gasteiger partial charge is 0.493 e. The van der Waals surface area contributed by atoms with Crippen molar-refractivity contribution in [2.75, 3.05) is 19.5 Å². The maximum absolute atomic E-state index is 5.34. The molecule has 0 unspecified atom stereocenters. The van der Waals surface area contributed by atoms with Crippen LogP contribution in [0.1, 0.15) is 32.6 Å². The first-order chi connectivity index (χ1) is 10.7. The SMILES string of the molecule is COc1cc2ncc(N[C@H]3CCC[C@@H](C)C3)nc2cc1OC. The van der Waals surface area contributed by atoms with Crippen molar-refractivity contribution >= 4 is 16.9 Å². The molecule has 0 spiro atoms. The van der Waals surface area contributed by atoms with E-state index < -0.39 is 0 Å². The van der Waals surface area contributed by atoms with Gasteiger partial charge in [-0.25, -0.2) is 4.98 Å². The second-order valence-electron chi connectivity index (χ2n) is 6.06. The van der Waals surface area contributed by atoms with Gasteiger partial charge in [0.2, 0.25) is 0 Å². The highest BCUT2D eigenvalue weighted by Gasteiger charge is 2.19. The van der Waals surface area contributed by atoms with E-state index in [1.54, 1.807) is 20.4 Å². The van der Waals surface area contributed by atoms with Crippen molar-refractivity contribution in [3.8, 4) is 11.5 Å². The van der Waals surface area contributed by atoms with Crippen LogP contribution in [0.15, 0.2) is 18.3 Å². The Kier molecular flexibility index (Phi) is 4.32. The fourth-order valence-electron chi connectivity index (χ4n) is 3.18. The third kappa shape index (κ3) is 3.08. The highest BCUT2D eigenvalue weighted by Crippen LogP contribution is 2.31. The van der Waals surface area contributed by atoms with E-state index in [0.717, 1.165) is 22.8 Å². The van der Waals surface area contributed by atoms with Crippen LogP contribution in [-0.2, 0) is 0 Å². The lowest BCUT2D eigenvalue weighted by Gasteiger charge is -2.27. The zero-order valence-corrected chi connectivity index (χ0v) is 13.4.